The Labute approximate surface area is 164 Å². The van der Waals surface area contributed by atoms with Crippen LogP contribution in [0.3, 0.4) is 0 Å². The van der Waals surface area contributed by atoms with Crippen LogP contribution in [0.15, 0.2) is 54.7 Å². The van der Waals surface area contributed by atoms with Crippen LogP contribution >= 0.6 is 0 Å². The highest BCUT2D eigenvalue weighted by molar-refractivity contribution is 5.97. The number of hydrogen-bond acceptors (Lipinski definition) is 4. The van der Waals surface area contributed by atoms with Crippen molar-refractivity contribution in [2.75, 3.05) is 19.8 Å². The topological polar surface area (TPSA) is 51.7 Å². The normalized spacial score (nSPS) is 13.0. The van der Waals surface area contributed by atoms with Crippen molar-refractivity contribution in [1.29, 1.82) is 0 Å². The number of pyridine rings is 1. The number of para-hydroxylation sites is 1. The molecule has 0 spiro atoms. The van der Waals surface area contributed by atoms with Gasteiger partial charge in [0.1, 0.15) is 13.2 Å². The van der Waals surface area contributed by atoms with Gasteiger partial charge in [-0.25, -0.2) is 0 Å². The fourth-order valence-corrected chi connectivity index (χ4v) is 3.44. The molecule has 1 amide bonds. The van der Waals surface area contributed by atoms with Crippen LogP contribution in [0.4, 0.5) is 0 Å². The third-order valence-electron chi connectivity index (χ3n) is 4.69. The van der Waals surface area contributed by atoms with Gasteiger partial charge in [0.25, 0.3) is 5.91 Å². The molecule has 1 aromatic heterocycles. The lowest BCUT2D eigenvalue weighted by atomic mass is 10.1. The minimum atomic E-state index is -0.0122. The number of nitrogens with zero attached hydrogens (tertiary/aromatic N) is 2. The monoisotopic (exact) mass is 376 g/mol. The minimum absolute atomic E-state index is 0.0122. The van der Waals surface area contributed by atoms with Gasteiger partial charge in [0, 0.05) is 24.7 Å². The van der Waals surface area contributed by atoms with Crippen molar-refractivity contribution in [3.63, 3.8) is 0 Å². The largest absolute Gasteiger partial charge is 0.486 e. The molecule has 0 bridgehead atoms. The van der Waals surface area contributed by atoms with Crippen molar-refractivity contribution in [3.8, 4) is 11.5 Å². The smallest absolute Gasteiger partial charge is 0.255 e. The number of hydrogen-bond donors (Lipinski definition) is 0. The predicted octanol–water partition coefficient (Wildman–Crippen LogP) is 4.30. The Morgan fingerprint density at radius 2 is 1.86 bits per heavy atom. The highest BCUT2D eigenvalue weighted by Crippen LogP contribution is 2.31. The number of rotatable bonds is 5. The second-order valence-electron chi connectivity index (χ2n) is 7.47. The number of ether oxygens (including phenoxy) is 2. The molecule has 4 rings (SSSR count). The van der Waals surface area contributed by atoms with E-state index in [-0.39, 0.29) is 5.91 Å². The van der Waals surface area contributed by atoms with Gasteiger partial charge in [0.15, 0.2) is 11.5 Å². The summed E-state index contributed by atoms with van der Waals surface area (Å²) in [5.41, 5.74) is 2.52. The maximum atomic E-state index is 13.2. The summed E-state index contributed by atoms with van der Waals surface area (Å²) < 4.78 is 11.3. The van der Waals surface area contributed by atoms with E-state index >= 15 is 0 Å². The highest BCUT2D eigenvalue weighted by Gasteiger charge is 2.20. The lowest BCUT2D eigenvalue weighted by Gasteiger charge is -2.26. The molecule has 0 saturated carbocycles. The molecule has 2 aromatic carbocycles. The van der Waals surface area contributed by atoms with Crippen LogP contribution < -0.4 is 9.47 Å². The molecule has 0 radical (unpaired) electrons. The molecule has 0 saturated heterocycles. The fraction of sp³-hybridized carbons (Fsp3) is 0.304. The lowest BCUT2D eigenvalue weighted by molar-refractivity contribution is 0.0722. The zero-order chi connectivity index (χ0) is 19.5. The van der Waals surface area contributed by atoms with Crippen LogP contribution in [0.1, 0.15) is 29.8 Å². The van der Waals surface area contributed by atoms with Gasteiger partial charge in [-0.15, -0.1) is 0 Å². The summed E-state index contributed by atoms with van der Waals surface area (Å²) in [6.45, 7) is 6.53. The first-order chi connectivity index (χ1) is 13.6. The zero-order valence-electron chi connectivity index (χ0n) is 16.2. The maximum absolute atomic E-state index is 13.2. The van der Waals surface area contributed by atoms with Crippen LogP contribution in [0.25, 0.3) is 10.9 Å². The van der Waals surface area contributed by atoms with Crippen LogP contribution in [0, 0.1) is 5.92 Å². The standard InChI is InChI=1S/C23H24N2O3/c1-16(2)14-25(15-17-7-8-21-22(11-17)28-10-9-27-21)23(26)19-12-18-5-3-4-6-20(18)24-13-19/h3-8,11-13,16H,9-10,14-15H2,1-2H3. The molecule has 28 heavy (non-hydrogen) atoms. The van der Waals surface area contributed by atoms with E-state index in [0.717, 1.165) is 28.0 Å². The second-order valence-corrected chi connectivity index (χ2v) is 7.47. The van der Waals surface area contributed by atoms with E-state index in [0.29, 0.717) is 37.8 Å². The van der Waals surface area contributed by atoms with Gasteiger partial charge >= 0.3 is 0 Å². The Bertz CT molecular complexity index is 1000. The Kier molecular flexibility index (Phi) is 5.15. The number of aromatic nitrogens is 1. The first kappa shape index (κ1) is 18.3. The van der Waals surface area contributed by atoms with Gasteiger partial charge in [-0.3, -0.25) is 9.78 Å². The molecule has 1 aliphatic heterocycles. The van der Waals surface area contributed by atoms with Gasteiger partial charge in [0.2, 0.25) is 0 Å². The van der Waals surface area contributed by atoms with E-state index in [4.69, 9.17) is 9.47 Å². The molecule has 0 unspecified atom stereocenters. The average Bonchev–Trinajstić information content (AvgIpc) is 2.72. The molecular weight excluding hydrogens is 352 g/mol. The SMILES string of the molecule is CC(C)CN(Cc1ccc2c(c1)OCCO2)C(=O)c1cnc2ccccc2c1. The van der Waals surface area contributed by atoms with Gasteiger partial charge in [-0.2, -0.15) is 0 Å². The quantitative estimate of drug-likeness (QED) is 0.666. The second kappa shape index (κ2) is 7.89. The molecule has 144 valence electrons. The van der Waals surface area contributed by atoms with Gasteiger partial charge in [-0.1, -0.05) is 38.1 Å². The van der Waals surface area contributed by atoms with Crippen molar-refractivity contribution >= 4 is 16.8 Å². The van der Waals surface area contributed by atoms with E-state index in [2.05, 4.69) is 18.8 Å². The minimum Gasteiger partial charge on any atom is -0.486 e. The van der Waals surface area contributed by atoms with E-state index in [1.807, 2.05) is 53.4 Å². The Morgan fingerprint density at radius 1 is 1.07 bits per heavy atom. The summed E-state index contributed by atoms with van der Waals surface area (Å²) in [6.07, 6.45) is 1.67. The molecule has 3 aromatic rings. The number of fused-ring (bicyclic) bond motifs is 2. The number of amides is 1. The fourth-order valence-electron chi connectivity index (χ4n) is 3.44. The molecule has 0 N–H and O–H groups in total. The first-order valence-electron chi connectivity index (χ1n) is 9.63. The van der Waals surface area contributed by atoms with Crippen molar-refractivity contribution in [1.82, 2.24) is 9.88 Å². The van der Waals surface area contributed by atoms with E-state index in [1.54, 1.807) is 6.20 Å². The average molecular weight is 376 g/mol. The number of carbonyl (C=O) groups excluding carboxylic acids is 1. The third kappa shape index (κ3) is 3.93. The van der Waals surface area contributed by atoms with Crippen molar-refractivity contribution < 1.29 is 14.3 Å². The summed E-state index contributed by atoms with van der Waals surface area (Å²) in [5.74, 6) is 1.85. The molecule has 0 atom stereocenters. The molecule has 1 aliphatic rings. The van der Waals surface area contributed by atoms with Gasteiger partial charge < -0.3 is 14.4 Å². The molecule has 0 aliphatic carbocycles. The summed E-state index contributed by atoms with van der Waals surface area (Å²) in [4.78, 5) is 19.6. The number of benzene rings is 2. The molecule has 2 heterocycles. The summed E-state index contributed by atoms with van der Waals surface area (Å²) >= 11 is 0. The first-order valence-corrected chi connectivity index (χ1v) is 9.63. The van der Waals surface area contributed by atoms with Crippen molar-refractivity contribution in [2.45, 2.75) is 20.4 Å². The van der Waals surface area contributed by atoms with Crippen LogP contribution in [0.5, 0.6) is 11.5 Å². The zero-order valence-corrected chi connectivity index (χ0v) is 16.2. The molecular formula is C23H24N2O3. The Balaban J connectivity index is 1.60. The molecule has 5 nitrogen and oxygen atoms in total. The highest BCUT2D eigenvalue weighted by atomic mass is 16.6. The van der Waals surface area contributed by atoms with E-state index < -0.39 is 0 Å². The molecule has 0 fully saturated rings. The summed E-state index contributed by atoms with van der Waals surface area (Å²) in [7, 11) is 0. The van der Waals surface area contributed by atoms with Crippen LogP contribution in [-0.4, -0.2) is 35.5 Å². The number of carbonyl (C=O) groups is 1. The Morgan fingerprint density at radius 3 is 2.68 bits per heavy atom. The summed E-state index contributed by atoms with van der Waals surface area (Å²) in [5, 5.41) is 0.970. The van der Waals surface area contributed by atoms with Gasteiger partial charge in [0.05, 0.1) is 11.1 Å². The lowest BCUT2D eigenvalue weighted by Crippen LogP contribution is -2.34. The maximum Gasteiger partial charge on any atom is 0.255 e. The predicted molar refractivity (Wildman–Crippen MR) is 109 cm³/mol. The van der Waals surface area contributed by atoms with Crippen LogP contribution in [-0.2, 0) is 6.54 Å². The third-order valence-corrected chi connectivity index (χ3v) is 4.69. The Hall–Kier alpha value is -3.08. The van der Waals surface area contributed by atoms with Crippen LogP contribution in [0.2, 0.25) is 0 Å². The van der Waals surface area contributed by atoms with Gasteiger partial charge in [-0.05, 0) is 35.7 Å². The van der Waals surface area contributed by atoms with Crippen molar-refractivity contribution in [2.24, 2.45) is 5.92 Å². The summed E-state index contributed by atoms with van der Waals surface area (Å²) in [6, 6.07) is 15.6. The van der Waals surface area contributed by atoms with E-state index in [1.165, 1.54) is 0 Å². The van der Waals surface area contributed by atoms with E-state index in [9.17, 15) is 4.79 Å². The van der Waals surface area contributed by atoms with Crippen molar-refractivity contribution in [3.05, 3.63) is 65.9 Å². The molecule has 5 heteroatoms.